The minimum atomic E-state index is -4.06. The molecule has 0 spiro atoms. The third-order valence-corrected chi connectivity index (χ3v) is 5.04. The van der Waals surface area contributed by atoms with Crippen molar-refractivity contribution < 1.29 is 21.9 Å². The summed E-state index contributed by atoms with van der Waals surface area (Å²) in [5.74, 6) is -1.53. The fraction of sp³-hybridized carbons (Fsp3) is 0.0526. The fourth-order valence-electron chi connectivity index (χ4n) is 2.47. The van der Waals surface area contributed by atoms with E-state index in [0.29, 0.717) is 0 Å². The molecule has 0 fully saturated rings. The van der Waals surface area contributed by atoms with Gasteiger partial charge in [-0.2, -0.15) is 0 Å². The minimum absolute atomic E-state index is 0.0499. The van der Waals surface area contributed by atoms with E-state index in [4.69, 9.17) is 4.74 Å². The van der Waals surface area contributed by atoms with Crippen molar-refractivity contribution in [3.63, 3.8) is 0 Å². The van der Waals surface area contributed by atoms with Gasteiger partial charge in [0.15, 0.2) is 0 Å². The van der Waals surface area contributed by atoms with E-state index in [1.165, 1.54) is 37.4 Å². The molecule has 26 heavy (non-hydrogen) atoms. The molecule has 0 aromatic heterocycles. The predicted octanol–water partition coefficient (Wildman–Crippen LogP) is 4.24. The summed E-state index contributed by atoms with van der Waals surface area (Å²) in [5.41, 5.74) is 0.00808. The highest BCUT2D eigenvalue weighted by atomic mass is 32.2. The van der Waals surface area contributed by atoms with Crippen LogP contribution in [0.15, 0.2) is 65.6 Å². The van der Waals surface area contributed by atoms with Gasteiger partial charge in [-0.1, -0.05) is 30.3 Å². The summed E-state index contributed by atoms with van der Waals surface area (Å²) in [7, 11) is -2.75. The topological polar surface area (TPSA) is 55.4 Å². The first-order chi connectivity index (χ1) is 12.4. The van der Waals surface area contributed by atoms with Gasteiger partial charge in [0.05, 0.1) is 18.4 Å². The number of benzene rings is 3. The van der Waals surface area contributed by atoms with Crippen LogP contribution >= 0.6 is 0 Å². The average Bonchev–Trinajstić information content (AvgIpc) is 2.62. The third-order valence-electron chi connectivity index (χ3n) is 3.66. The molecule has 0 aliphatic carbocycles. The Morgan fingerprint density at radius 2 is 1.73 bits per heavy atom. The lowest BCUT2D eigenvalue weighted by molar-refractivity contribution is 0.403. The van der Waals surface area contributed by atoms with E-state index < -0.39 is 21.7 Å². The molecule has 0 atom stereocenters. The number of hydrogen-bond acceptors (Lipinski definition) is 3. The second-order valence-electron chi connectivity index (χ2n) is 5.34. The van der Waals surface area contributed by atoms with Gasteiger partial charge in [-0.3, -0.25) is 4.72 Å². The Balaban J connectivity index is 2.12. The normalized spacial score (nSPS) is 11.2. The van der Waals surface area contributed by atoms with Crippen LogP contribution < -0.4 is 9.46 Å². The number of halogens is 2. The number of anilines is 1. The number of hydrogen-bond donors (Lipinski definition) is 1. The van der Waals surface area contributed by atoms with E-state index in [9.17, 15) is 17.2 Å². The van der Waals surface area contributed by atoms with Gasteiger partial charge in [0.25, 0.3) is 10.0 Å². The predicted molar refractivity (Wildman–Crippen MR) is 94.4 cm³/mol. The van der Waals surface area contributed by atoms with Crippen molar-refractivity contribution in [3.05, 3.63) is 78.4 Å². The number of nitrogens with one attached hydrogen (secondary N) is 1. The molecule has 1 radical (unpaired) electrons. The van der Waals surface area contributed by atoms with Crippen molar-refractivity contribution in [2.75, 3.05) is 11.8 Å². The zero-order valence-corrected chi connectivity index (χ0v) is 14.5. The van der Waals surface area contributed by atoms with Crippen LogP contribution in [-0.2, 0) is 10.0 Å². The van der Waals surface area contributed by atoms with Crippen LogP contribution in [0, 0.1) is 17.7 Å². The average molecular weight is 374 g/mol. The maximum atomic E-state index is 14.1. The molecule has 3 rings (SSSR count). The van der Waals surface area contributed by atoms with E-state index >= 15 is 0 Å². The van der Waals surface area contributed by atoms with Gasteiger partial charge in [-0.15, -0.1) is 0 Å². The van der Waals surface area contributed by atoms with Crippen molar-refractivity contribution in [1.29, 1.82) is 0 Å². The number of ether oxygens (including phenoxy) is 1. The Kier molecular flexibility index (Phi) is 4.90. The molecule has 133 valence electrons. The largest absolute Gasteiger partial charge is 0.495 e. The van der Waals surface area contributed by atoms with Crippen LogP contribution in [0.2, 0.25) is 0 Å². The Morgan fingerprint density at radius 1 is 1.00 bits per heavy atom. The molecule has 0 saturated heterocycles. The van der Waals surface area contributed by atoms with Crippen LogP contribution in [0.4, 0.5) is 14.5 Å². The summed E-state index contributed by atoms with van der Waals surface area (Å²) < 4.78 is 61.0. The molecule has 0 saturated carbocycles. The standard InChI is InChI=1S/C19H14F2NO3S/c1-25-17-11-10-13(19-15(20)8-5-9-16(19)21)12-18(17)26(23,24)22-14-6-3-2-4-7-14/h2-6,8-12,22H,1H3. The van der Waals surface area contributed by atoms with Crippen molar-refractivity contribution in [2.24, 2.45) is 0 Å². The van der Waals surface area contributed by atoms with Crippen molar-refractivity contribution in [1.82, 2.24) is 0 Å². The van der Waals surface area contributed by atoms with Crippen LogP contribution in [0.25, 0.3) is 11.1 Å². The summed E-state index contributed by atoms with van der Waals surface area (Å²) in [6.45, 7) is 0. The van der Waals surface area contributed by atoms with E-state index in [1.807, 2.05) is 0 Å². The monoisotopic (exact) mass is 374 g/mol. The third kappa shape index (κ3) is 3.52. The molecule has 3 aromatic carbocycles. The molecule has 0 aliphatic heterocycles. The van der Waals surface area contributed by atoms with Gasteiger partial charge in [0.1, 0.15) is 22.3 Å². The summed E-state index contributed by atoms with van der Waals surface area (Å²) in [6.07, 6.45) is 0. The lowest BCUT2D eigenvalue weighted by Gasteiger charge is -2.14. The van der Waals surface area contributed by atoms with E-state index in [1.54, 1.807) is 18.2 Å². The highest BCUT2D eigenvalue weighted by Crippen LogP contribution is 2.33. The molecule has 3 aromatic rings. The molecule has 0 bridgehead atoms. The smallest absolute Gasteiger partial charge is 0.265 e. The quantitative estimate of drug-likeness (QED) is 0.727. The molecule has 7 heteroatoms. The SMILES string of the molecule is COc1ccc(-c2c(F)cccc2F)cc1S(=O)(=O)Nc1[c]cccc1. The molecular formula is C19H14F2NO3S. The molecular weight excluding hydrogens is 360 g/mol. The van der Waals surface area contributed by atoms with Gasteiger partial charge in [-0.25, -0.2) is 17.2 Å². The van der Waals surface area contributed by atoms with Crippen LogP contribution in [0.5, 0.6) is 5.75 Å². The maximum Gasteiger partial charge on any atom is 0.265 e. The molecule has 0 amide bonds. The van der Waals surface area contributed by atoms with Gasteiger partial charge in [-0.05, 0) is 35.9 Å². The molecule has 1 N–H and O–H groups in total. The Morgan fingerprint density at radius 3 is 2.35 bits per heavy atom. The molecule has 4 nitrogen and oxygen atoms in total. The summed E-state index contributed by atoms with van der Waals surface area (Å²) in [4.78, 5) is -0.239. The van der Waals surface area contributed by atoms with Crippen LogP contribution in [0.1, 0.15) is 0 Å². The van der Waals surface area contributed by atoms with Crippen LogP contribution in [-0.4, -0.2) is 15.5 Å². The number of para-hydroxylation sites is 1. The van der Waals surface area contributed by atoms with Gasteiger partial charge in [0.2, 0.25) is 0 Å². The second kappa shape index (κ2) is 7.13. The lowest BCUT2D eigenvalue weighted by atomic mass is 10.0. The van der Waals surface area contributed by atoms with Gasteiger partial charge >= 0.3 is 0 Å². The first kappa shape index (κ1) is 17.9. The maximum absolute atomic E-state index is 14.1. The number of methoxy groups -OCH3 is 1. The summed E-state index contributed by atoms with van der Waals surface area (Å²) in [6, 6.07) is 16.5. The zero-order chi connectivity index (χ0) is 18.7. The summed E-state index contributed by atoms with van der Waals surface area (Å²) >= 11 is 0. The van der Waals surface area contributed by atoms with Crippen molar-refractivity contribution >= 4 is 15.7 Å². The van der Waals surface area contributed by atoms with E-state index in [2.05, 4.69) is 10.8 Å². The zero-order valence-electron chi connectivity index (χ0n) is 13.7. The highest BCUT2D eigenvalue weighted by molar-refractivity contribution is 7.92. The second-order valence-corrected chi connectivity index (χ2v) is 6.99. The Hall–Kier alpha value is -2.93. The first-order valence-electron chi connectivity index (χ1n) is 7.54. The van der Waals surface area contributed by atoms with Gasteiger partial charge in [0, 0.05) is 6.07 Å². The first-order valence-corrected chi connectivity index (χ1v) is 9.02. The van der Waals surface area contributed by atoms with Crippen molar-refractivity contribution in [3.8, 4) is 16.9 Å². The highest BCUT2D eigenvalue weighted by Gasteiger charge is 2.22. The Bertz CT molecular complexity index is 1020. The summed E-state index contributed by atoms with van der Waals surface area (Å²) in [5, 5.41) is 0. The van der Waals surface area contributed by atoms with Crippen molar-refractivity contribution in [2.45, 2.75) is 4.90 Å². The Labute approximate surface area is 150 Å². The number of sulfonamides is 1. The molecule has 0 heterocycles. The molecule has 0 aliphatic rings. The lowest BCUT2D eigenvalue weighted by Crippen LogP contribution is -2.14. The van der Waals surface area contributed by atoms with E-state index in [0.717, 1.165) is 12.1 Å². The molecule has 0 unspecified atom stereocenters. The fourth-order valence-corrected chi connectivity index (χ4v) is 3.70. The minimum Gasteiger partial charge on any atom is -0.495 e. The van der Waals surface area contributed by atoms with E-state index in [-0.39, 0.29) is 27.5 Å². The number of rotatable bonds is 5. The van der Waals surface area contributed by atoms with Crippen LogP contribution in [0.3, 0.4) is 0 Å². The van der Waals surface area contributed by atoms with Gasteiger partial charge < -0.3 is 4.74 Å².